The Morgan fingerprint density at radius 1 is 1.03 bits per heavy atom. The SMILES string of the molecule is O=S1(=O)NC(=NCc2cccc(OC(F)(F)F)c2)Nc2c(Oc3ccccc3C3C[I-]3)cccc21. The maximum atomic E-state index is 12.9. The number of aliphatic imine (C=N–C) groups is 1. The number of halogens is 4. The van der Waals surface area contributed by atoms with E-state index in [1.807, 2.05) is 24.3 Å². The third-order valence-electron chi connectivity index (χ3n) is 5.09. The molecule has 0 radical (unpaired) electrons. The first-order chi connectivity index (χ1) is 16.7. The summed E-state index contributed by atoms with van der Waals surface area (Å²) in [5.74, 6) is 0.551. The number of benzene rings is 3. The Balaban J connectivity index is 1.41. The van der Waals surface area contributed by atoms with Crippen LogP contribution in [0.25, 0.3) is 0 Å². The monoisotopic (exact) mass is 616 g/mol. The number of guanidine groups is 1. The number of para-hydroxylation sites is 2. The van der Waals surface area contributed by atoms with Crippen molar-refractivity contribution in [1.82, 2.24) is 4.72 Å². The van der Waals surface area contributed by atoms with Gasteiger partial charge in [0.15, 0.2) is 0 Å². The van der Waals surface area contributed by atoms with Crippen LogP contribution in [-0.2, 0) is 16.6 Å². The van der Waals surface area contributed by atoms with E-state index in [0.717, 1.165) is 5.56 Å². The molecule has 7 nitrogen and oxygen atoms in total. The number of anilines is 1. The fourth-order valence-electron chi connectivity index (χ4n) is 3.51. The molecule has 184 valence electrons. The summed E-state index contributed by atoms with van der Waals surface area (Å²) in [6.07, 6.45) is -4.81. The van der Waals surface area contributed by atoms with Gasteiger partial charge in [0.2, 0.25) is 0 Å². The Morgan fingerprint density at radius 2 is 1.77 bits per heavy atom. The van der Waals surface area contributed by atoms with Crippen LogP contribution in [0.5, 0.6) is 17.2 Å². The van der Waals surface area contributed by atoms with Crippen LogP contribution in [0, 0.1) is 0 Å². The van der Waals surface area contributed by atoms with E-state index in [1.165, 1.54) is 28.7 Å². The summed E-state index contributed by atoms with van der Waals surface area (Å²) in [5, 5.41) is 2.96. The minimum atomic E-state index is -4.81. The van der Waals surface area contributed by atoms with E-state index in [1.54, 1.807) is 18.2 Å². The first-order valence-electron chi connectivity index (χ1n) is 10.3. The quantitative estimate of drug-likeness (QED) is 0.326. The molecule has 2 N–H and O–H groups in total. The number of nitrogens with zero attached hydrogens (tertiary/aromatic N) is 1. The van der Waals surface area contributed by atoms with Crippen LogP contribution in [0.3, 0.4) is 0 Å². The molecule has 2 heterocycles. The summed E-state index contributed by atoms with van der Waals surface area (Å²) in [5.41, 5.74) is 1.75. The molecular formula is C23H18F3IN3O4S-. The first kappa shape index (κ1) is 23.7. The van der Waals surface area contributed by atoms with Gasteiger partial charge < -0.3 is 4.74 Å². The third kappa shape index (κ3) is 5.64. The minimum absolute atomic E-state index is 0.00542. The number of alkyl halides is 5. The van der Waals surface area contributed by atoms with Crippen molar-refractivity contribution in [3.63, 3.8) is 0 Å². The van der Waals surface area contributed by atoms with E-state index in [9.17, 15) is 21.6 Å². The molecule has 2 aliphatic heterocycles. The summed E-state index contributed by atoms with van der Waals surface area (Å²) < 4.78 is 77.4. The van der Waals surface area contributed by atoms with Gasteiger partial charge in [-0.1, -0.05) is 6.07 Å². The van der Waals surface area contributed by atoms with Crippen LogP contribution in [0.2, 0.25) is 0 Å². The van der Waals surface area contributed by atoms with Gasteiger partial charge >= 0.3 is 174 Å². The van der Waals surface area contributed by atoms with E-state index < -0.39 is 16.4 Å². The average molecular weight is 616 g/mol. The van der Waals surface area contributed by atoms with E-state index in [2.05, 4.69) is 19.8 Å². The van der Waals surface area contributed by atoms with Gasteiger partial charge in [0.05, 0.1) is 0 Å². The number of nitrogens with one attached hydrogen (secondary N) is 2. The maximum absolute atomic E-state index is 12.9. The van der Waals surface area contributed by atoms with Gasteiger partial charge in [-0.2, -0.15) is 0 Å². The molecule has 0 amide bonds. The number of fused-ring (bicyclic) bond motifs is 1. The molecule has 3 aromatic carbocycles. The zero-order valence-electron chi connectivity index (χ0n) is 17.8. The van der Waals surface area contributed by atoms with Crippen molar-refractivity contribution in [2.45, 2.75) is 21.7 Å². The molecule has 1 fully saturated rings. The zero-order valence-corrected chi connectivity index (χ0v) is 20.8. The van der Waals surface area contributed by atoms with Gasteiger partial charge in [-0.15, -0.1) is 13.2 Å². The van der Waals surface area contributed by atoms with Gasteiger partial charge in [-0.05, 0) is 6.07 Å². The first-order valence-corrected chi connectivity index (χ1v) is 14.6. The Morgan fingerprint density at radius 3 is 2.54 bits per heavy atom. The van der Waals surface area contributed by atoms with E-state index in [4.69, 9.17) is 4.74 Å². The molecule has 0 aromatic heterocycles. The summed E-state index contributed by atoms with van der Waals surface area (Å²) in [6, 6.07) is 17.7. The molecule has 0 saturated carbocycles. The number of rotatable bonds is 6. The van der Waals surface area contributed by atoms with Crippen molar-refractivity contribution in [2.24, 2.45) is 4.99 Å². The number of sulfonamides is 1. The zero-order chi connectivity index (χ0) is 24.6. The van der Waals surface area contributed by atoms with Crippen LogP contribution in [0.1, 0.15) is 15.1 Å². The molecule has 0 aliphatic carbocycles. The van der Waals surface area contributed by atoms with Crippen LogP contribution >= 0.6 is 0 Å². The second-order valence-corrected chi connectivity index (χ2v) is 12.6. The molecular weight excluding hydrogens is 598 g/mol. The van der Waals surface area contributed by atoms with E-state index in [-0.39, 0.29) is 50.0 Å². The Kier molecular flexibility index (Phi) is 6.25. The molecule has 1 unspecified atom stereocenters. The number of hydrogen-bond acceptors (Lipinski definition) is 5. The molecule has 1 saturated heterocycles. The van der Waals surface area contributed by atoms with Crippen molar-refractivity contribution in [3.8, 4) is 17.2 Å². The fraction of sp³-hybridized carbons (Fsp3) is 0.174. The van der Waals surface area contributed by atoms with Gasteiger partial charge in [0.1, 0.15) is 5.75 Å². The van der Waals surface area contributed by atoms with Gasteiger partial charge in [-0.25, -0.2) is 0 Å². The normalized spacial score (nSPS) is 19.5. The molecule has 35 heavy (non-hydrogen) atoms. The van der Waals surface area contributed by atoms with Gasteiger partial charge in [0.25, 0.3) is 0 Å². The van der Waals surface area contributed by atoms with Gasteiger partial charge in [0, 0.05) is 0 Å². The van der Waals surface area contributed by atoms with E-state index in [0.29, 0.717) is 21.0 Å². The fourth-order valence-corrected chi connectivity index (χ4v) is 6.39. The summed E-state index contributed by atoms with van der Waals surface area (Å²) in [6.45, 7) is -0.0908. The topological polar surface area (TPSA) is 89.0 Å². The Labute approximate surface area is 209 Å². The van der Waals surface area contributed by atoms with Crippen molar-refractivity contribution in [3.05, 3.63) is 77.9 Å². The summed E-state index contributed by atoms with van der Waals surface area (Å²) >= 11 is 0.139. The average Bonchev–Trinajstić information content (AvgIpc) is 3.63. The van der Waals surface area contributed by atoms with Crippen LogP contribution in [-0.4, -0.2) is 25.2 Å². The summed E-state index contributed by atoms with van der Waals surface area (Å²) in [7, 11) is -3.95. The van der Waals surface area contributed by atoms with Crippen molar-refractivity contribution in [1.29, 1.82) is 0 Å². The summed E-state index contributed by atoms with van der Waals surface area (Å²) in [4.78, 5) is 4.22. The molecule has 1 atom stereocenters. The van der Waals surface area contributed by atoms with E-state index >= 15 is 0 Å². The molecule has 3 aromatic rings. The van der Waals surface area contributed by atoms with Crippen molar-refractivity contribution in [2.75, 3.05) is 9.74 Å². The molecule has 12 heteroatoms. The number of hydrogen-bond donors (Lipinski definition) is 2. The van der Waals surface area contributed by atoms with Crippen LogP contribution < -0.4 is 40.7 Å². The van der Waals surface area contributed by atoms with Gasteiger partial charge in [-0.3, -0.25) is 0 Å². The third-order valence-corrected chi connectivity index (χ3v) is 8.90. The van der Waals surface area contributed by atoms with Crippen LogP contribution in [0.15, 0.2) is 76.6 Å². The molecule has 0 spiro atoms. The Hall–Kier alpha value is -3.00. The molecule has 2 aliphatic rings. The predicted octanol–water partition coefficient (Wildman–Crippen LogP) is 1.78. The second kappa shape index (κ2) is 9.22. The second-order valence-electron chi connectivity index (χ2n) is 7.64. The molecule has 0 bridgehead atoms. The predicted molar refractivity (Wildman–Crippen MR) is 119 cm³/mol. The molecule has 5 rings (SSSR count). The van der Waals surface area contributed by atoms with Crippen LogP contribution in [0.4, 0.5) is 18.9 Å². The van der Waals surface area contributed by atoms with Crippen molar-refractivity contribution >= 4 is 21.7 Å². The standard InChI is InChI=1S/C23H18F3IN3O4S/c24-23(25,26)34-15-6-3-5-14(11-15)13-28-22-29-21-19(9-4-10-20(21)35(31,32)30-22)33-18-8-2-1-7-16(18)17-12-27-17/h1-11,17H,12-13H2,(H2,28,29,30)/q-1. The Bertz CT molecular complexity index is 1410. The van der Waals surface area contributed by atoms with Crippen molar-refractivity contribution < 1.29 is 52.3 Å². The number of ether oxygens (including phenoxy) is 2.